The molecule has 3 rings (SSSR count). The van der Waals surface area contributed by atoms with Crippen LogP contribution in [0.2, 0.25) is 15.1 Å². The third-order valence-electron chi connectivity index (χ3n) is 3.80. The molecule has 0 amide bonds. The van der Waals surface area contributed by atoms with Gasteiger partial charge in [0.15, 0.2) is 0 Å². The van der Waals surface area contributed by atoms with Gasteiger partial charge in [-0.1, -0.05) is 52.6 Å². The molecule has 0 saturated carbocycles. The molecule has 1 N–H and O–H groups in total. The summed E-state index contributed by atoms with van der Waals surface area (Å²) in [6.45, 7) is 1.93. The molecule has 0 spiro atoms. The minimum absolute atomic E-state index is 0.152. The Bertz CT molecular complexity index is 1210. The standard InChI is InChI=1S/C17H12Cl3N3O3S/c1-8-3-4-9(18)5-13(8)27-14-11(19)6-10(7-12(14)20)23-16(25)21-15(24)22(2)17(23)26/h3-7H,1-2H3,(H,21,24,25). The second kappa shape index (κ2) is 7.59. The molecule has 0 saturated heterocycles. The number of benzene rings is 2. The largest absolute Gasteiger partial charge is 0.340 e. The summed E-state index contributed by atoms with van der Waals surface area (Å²) in [6.07, 6.45) is 0. The molecule has 1 heterocycles. The first kappa shape index (κ1) is 19.8. The highest BCUT2D eigenvalue weighted by molar-refractivity contribution is 7.99. The Morgan fingerprint density at radius 1 is 0.963 bits per heavy atom. The van der Waals surface area contributed by atoms with Crippen molar-refractivity contribution in [3.8, 4) is 5.69 Å². The van der Waals surface area contributed by atoms with Crippen molar-refractivity contribution in [1.82, 2.24) is 14.1 Å². The zero-order valence-electron chi connectivity index (χ0n) is 14.0. The van der Waals surface area contributed by atoms with E-state index in [2.05, 4.69) is 4.98 Å². The van der Waals surface area contributed by atoms with Gasteiger partial charge >= 0.3 is 17.1 Å². The van der Waals surface area contributed by atoms with Gasteiger partial charge in [0.2, 0.25) is 0 Å². The topological polar surface area (TPSA) is 76.9 Å². The average Bonchev–Trinajstić information content (AvgIpc) is 2.59. The summed E-state index contributed by atoms with van der Waals surface area (Å²) in [7, 11) is 1.26. The number of aromatic amines is 1. The molecule has 0 aliphatic heterocycles. The molecule has 3 aromatic rings. The number of hydrogen-bond acceptors (Lipinski definition) is 4. The van der Waals surface area contributed by atoms with Crippen LogP contribution < -0.4 is 17.1 Å². The molecule has 0 unspecified atom stereocenters. The van der Waals surface area contributed by atoms with Crippen LogP contribution in [-0.4, -0.2) is 14.1 Å². The van der Waals surface area contributed by atoms with Crippen LogP contribution in [-0.2, 0) is 7.05 Å². The van der Waals surface area contributed by atoms with Gasteiger partial charge in [-0.15, -0.1) is 0 Å². The Kier molecular flexibility index (Phi) is 5.58. The van der Waals surface area contributed by atoms with Gasteiger partial charge in [0.1, 0.15) is 0 Å². The minimum atomic E-state index is -0.874. The van der Waals surface area contributed by atoms with Gasteiger partial charge < -0.3 is 0 Å². The molecule has 0 fully saturated rings. The smallest absolute Gasteiger partial charge is 0.258 e. The van der Waals surface area contributed by atoms with Gasteiger partial charge in [-0.3, -0.25) is 4.98 Å². The number of hydrogen-bond donors (Lipinski definition) is 1. The molecule has 6 nitrogen and oxygen atoms in total. The Hall–Kier alpha value is -1.93. The van der Waals surface area contributed by atoms with Crippen LogP contribution in [0, 0.1) is 6.92 Å². The molecular formula is C17H12Cl3N3O3S. The summed E-state index contributed by atoms with van der Waals surface area (Å²) >= 11 is 20.1. The summed E-state index contributed by atoms with van der Waals surface area (Å²) in [6, 6.07) is 8.34. The number of rotatable bonds is 3. The lowest BCUT2D eigenvalue weighted by atomic mass is 10.2. The molecule has 1 aromatic heterocycles. The van der Waals surface area contributed by atoms with E-state index in [1.807, 2.05) is 13.0 Å². The second-order valence-corrected chi connectivity index (χ2v) is 7.97. The van der Waals surface area contributed by atoms with Crippen molar-refractivity contribution < 1.29 is 0 Å². The lowest BCUT2D eigenvalue weighted by Gasteiger charge is -2.12. The van der Waals surface area contributed by atoms with Crippen molar-refractivity contribution in [1.29, 1.82) is 0 Å². The van der Waals surface area contributed by atoms with Gasteiger partial charge in [0.25, 0.3) is 0 Å². The van der Waals surface area contributed by atoms with Gasteiger partial charge in [-0.2, -0.15) is 0 Å². The summed E-state index contributed by atoms with van der Waals surface area (Å²) in [5.74, 6) is 0. The zero-order chi connectivity index (χ0) is 19.9. The Morgan fingerprint density at radius 3 is 2.22 bits per heavy atom. The molecule has 2 aromatic carbocycles. The second-order valence-electron chi connectivity index (χ2n) is 5.66. The van der Waals surface area contributed by atoms with Crippen LogP contribution in [0.1, 0.15) is 5.56 Å². The Morgan fingerprint density at radius 2 is 1.59 bits per heavy atom. The maximum Gasteiger partial charge on any atom is 0.340 e. The van der Waals surface area contributed by atoms with Gasteiger partial charge in [-0.05, 0) is 36.8 Å². The molecule has 0 atom stereocenters. The van der Waals surface area contributed by atoms with Crippen molar-refractivity contribution in [2.24, 2.45) is 7.05 Å². The van der Waals surface area contributed by atoms with E-state index >= 15 is 0 Å². The maximum absolute atomic E-state index is 12.3. The minimum Gasteiger partial charge on any atom is -0.258 e. The fourth-order valence-electron chi connectivity index (χ4n) is 2.35. The van der Waals surface area contributed by atoms with E-state index < -0.39 is 17.1 Å². The van der Waals surface area contributed by atoms with E-state index in [4.69, 9.17) is 34.8 Å². The van der Waals surface area contributed by atoms with E-state index in [0.29, 0.717) is 9.92 Å². The molecule has 10 heteroatoms. The highest BCUT2D eigenvalue weighted by Crippen LogP contribution is 2.41. The predicted octanol–water partition coefficient (Wildman–Crippen LogP) is 3.64. The molecule has 0 aliphatic carbocycles. The van der Waals surface area contributed by atoms with E-state index in [0.717, 1.165) is 19.6 Å². The van der Waals surface area contributed by atoms with Crippen molar-refractivity contribution in [3.05, 3.63) is 82.4 Å². The number of aromatic nitrogens is 3. The Balaban J connectivity index is 2.13. The summed E-state index contributed by atoms with van der Waals surface area (Å²) in [4.78, 5) is 39.4. The van der Waals surface area contributed by atoms with Crippen molar-refractivity contribution >= 4 is 46.6 Å². The monoisotopic (exact) mass is 443 g/mol. The van der Waals surface area contributed by atoms with Crippen molar-refractivity contribution in [2.75, 3.05) is 0 Å². The fraction of sp³-hybridized carbons (Fsp3) is 0.118. The quantitative estimate of drug-likeness (QED) is 0.669. The highest BCUT2D eigenvalue weighted by atomic mass is 35.5. The maximum atomic E-state index is 12.3. The van der Waals surface area contributed by atoms with Crippen LogP contribution in [0.3, 0.4) is 0 Å². The van der Waals surface area contributed by atoms with Crippen LogP contribution in [0.5, 0.6) is 0 Å². The van der Waals surface area contributed by atoms with Crippen LogP contribution in [0.15, 0.2) is 54.5 Å². The third kappa shape index (κ3) is 3.87. The van der Waals surface area contributed by atoms with Crippen LogP contribution >= 0.6 is 46.6 Å². The molecule has 27 heavy (non-hydrogen) atoms. The van der Waals surface area contributed by atoms with Crippen LogP contribution in [0.4, 0.5) is 0 Å². The van der Waals surface area contributed by atoms with Crippen molar-refractivity contribution in [2.45, 2.75) is 16.7 Å². The van der Waals surface area contributed by atoms with E-state index in [-0.39, 0.29) is 15.7 Å². The van der Waals surface area contributed by atoms with Gasteiger partial charge in [0.05, 0.1) is 15.7 Å². The zero-order valence-corrected chi connectivity index (χ0v) is 17.1. The third-order valence-corrected chi connectivity index (χ3v) is 6.16. The number of H-pyrrole nitrogens is 1. The van der Waals surface area contributed by atoms with E-state index in [1.165, 1.54) is 30.9 Å². The highest BCUT2D eigenvalue weighted by Gasteiger charge is 2.16. The lowest BCUT2D eigenvalue weighted by Crippen LogP contribution is -2.47. The predicted molar refractivity (Wildman–Crippen MR) is 108 cm³/mol. The van der Waals surface area contributed by atoms with Crippen molar-refractivity contribution in [3.63, 3.8) is 0 Å². The Labute approximate surface area is 172 Å². The molecule has 0 bridgehead atoms. The number of nitrogens with zero attached hydrogens (tertiary/aromatic N) is 2. The first-order valence-electron chi connectivity index (χ1n) is 7.55. The first-order valence-corrected chi connectivity index (χ1v) is 9.50. The van der Waals surface area contributed by atoms with Gasteiger partial charge in [-0.25, -0.2) is 23.5 Å². The normalized spacial score (nSPS) is 11.0. The molecule has 0 radical (unpaired) electrons. The summed E-state index contributed by atoms with van der Waals surface area (Å²) < 4.78 is 1.57. The molecule has 140 valence electrons. The number of aryl methyl sites for hydroxylation is 1. The average molecular weight is 445 g/mol. The van der Waals surface area contributed by atoms with Gasteiger partial charge in [0, 0.05) is 21.9 Å². The lowest BCUT2D eigenvalue weighted by molar-refractivity contribution is 0.660. The number of halogens is 3. The van der Waals surface area contributed by atoms with Crippen LogP contribution in [0.25, 0.3) is 5.69 Å². The fourth-order valence-corrected chi connectivity index (χ4v) is 4.24. The molecular weight excluding hydrogens is 433 g/mol. The van der Waals surface area contributed by atoms with E-state index in [1.54, 1.807) is 12.1 Å². The SMILES string of the molecule is Cc1ccc(Cl)cc1Sc1c(Cl)cc(-n2c(=O)[nH]c(=O)n(C)c2=O)cc1Cl. The number of nitrogens with one attached hydrogen (secondary N) is 1. The van der Waals surface area contributed by atoms with E-state index in [9.17, 15) is 14.4 Å². The molecule has 0 aliphatic rings. The summed E-state index contributed by atoms with van der Waals surface area (Å²) in [5, 5.41) is 1.08. The summed E-state index contributed by atoms with van der Waals surface area (Å²) in [5.41, 5.74) is -1.34. The first-order chi connectivity index (χ1) is 12.7.